The molecule has 43 heavy (non-hydrogen) atoms. The first-order chi connectivity index (χ1) is 20.7. The third kappa shape index (κ3) is 7.63. The quantitative estimate of drug-likeness (QED) is 0.159. The van der Waals surface area contributed by atoms with E-state index in [0.717, 1.165) is 16.7 Å². The number of alkyl halides is 3. The first kappa shape index (κ1) is 29.9. The Labute approximate surface area is 253 Å². The van der Waals surface area contributed by atoms with Crippen molar-refractivity contribution in [3.63, 3.8) is 0 Å². The summed E-state index contributed by atoms with van der Waals surface area (Å²) >= 11 is 6.61. The van der Waals surface area contributed by atoms with Crippen molar-refractivity contribution in [1.82, 2.24) is 20.2 Å². The normalized spacial score (nSPS) is 14.6. The third-order valence-electron chi connectivity index (χ3n) is 5.86. The minimum absolute atomic E-state index is 0.0898. The molecule has 0 spiro atoms. The van der Waals surface area contributed by atoms with Gasteiger partial charge < -0.3 is 9.47 Å². The van der Waals surface area contributed by atoms with Crippen molar-refractivity contribution >= 4 is 52.1 Å². The summed E-state index contributed by atoms with van der Waals surface area (Å²) in [7, 11) is 1.59. The van der Waals surface area contributed by atoms with Crippen LogP contribution in [0.1, 0.15) is 11.1 Å². The molecule has 1 aliphatic heterocycles. The predicted molar refractivity (Wildman–Crippen MR) is 161 cm³/mol. The van der Waals surface area contributed by atoms with Gasteiger partial charge in [-0.1, -0.05) is 54.2 Å². The second-order valence-electron chi connectivity index (χ2n) is 8.83. The van der Waals surface area contributed by atoms with E-state index in [1.54, 1.807) is 37.6 Å². The van der Waals surface area contributed by atoms with Gasteiger partial charge in [0.25, 0.3) is 0 Å². The van der Waals surface area contributed by atoms with Crippen LogP contribution in [0.3, 0.4) is 0 Å². The Morgan fingerprint density at radius 3 is 2.58 bits per heavy atom. The van der Waals surface area contributed by atoms with Crippen molar-refractivity contribution in [2.45, 2.75) is 13.0 Å². The molecular formula is C28H22F3N7O3S2. The highest BCUT2D eigenvalue weighted by molar-refractivity contribution is 8.15. The van der Waals surface area contributed by atoms with E-state index in [2.05, 4.69) is 30.3 Å². The number of hydrogen-bond acceptors (Lipinski definition) is 8. The Balaban J connectivity index is 1.20. The van der Waals surface area contributed by atoms with Crippen molar-refractivity contribution in [2.24, 2.45) is 10.1 Å². The Morgan fingerprint density at radius 2 is 1.86 bits per heavy atom. The largest absolute Gasteiger partial charge is 0.573 e. The SMILES string of the molecule is COCc1ccccc1N1C(=O)CSC1=NC(=S)N/N=C/c1ccc(-c2ncn(-c3ccc(OC(F)(F)F)cc3)n2)cc1. The first-order valence-electron chi connectivity index (χ1n) is 12.5. The number of nitrogens with zero attached hydrogens (tertiary/aromatic N) is 6. The zero-order chi connectivity index (χ0) is 30.4. The summed E-state index contributed by atoms with van der Waals surface area (Å²) in [5.74, 6) is 0.241. The molecule has 10 nitrogen and oxygen atoms in total. The van der Waals surface area contributed by atoms with Crippen LogP contribution in [0.25, 0.3) is 17.1 Å². The number of nitrogens with one attached hydrogen (secondary N) is 1. The standard InChI is InChI=1S/C28H22F3N7O3S2/c1-40-15-20-4-2-3-5-23(20)38-24(39)16-43-27(38)34-26(42)35-33-14-18-6-8-19(9-7-18)25-32-17-37(36-25)21-10-12-22(13-11-21)41-28(29,30)31/h2-14,17H,15-16H2,1H3,(H,35,42)/b33-14+,34-27?. The molecule has 5 rings (SSSR count). The van der Waals surface area contributed by atoms with Crippen LogP contribution in [0.2, 0.25) is 0 Å². The number of ether oxygens (including phenoxy) is 2. The van der Waals surface area contributed by atoms with Crippen molar-refractivity contribution in [2.75, 3.05) is 17.8 Å². The van der Waals surface area contributed by atoms with Crippen LogP contribution in [0, 0.1) is 0 Å². The maximum Gasteiger partial charge on any atom is 0.573 e. The van der Waals surface area contributed by atoms with E-state index in [1.165, 1.54) is 51.9 Å². The van der Waals surface area contributed by atoms with Crippen LogP contribution in [0.15, 0.2) is 89.2 Å². The number of aliphatic imine (C=N–C) groups is 1. The van der Waals surface area contributed by atoms with Gasteiger partial charge in [-0.15, -0.1) is 18.3 Å². The molecule has 0 unspecified atom stereocenters. The maximum absolute atomic E-state index is 12.6. The minimum Gasteiger partial charge on any atom is -0.406 e. The van der Waals surface area contributed by atoms with Crippen LogP contribution in [-0.2, 0) is 16.1 Å². The summed E-state index contributed by atoms with van der Waals surface area (Å²) in [6.45, 7) is 0.347. The Kier molecular flexibility index (Phi) is 9.13. The molecule has 1 fully saturated rings. The molecule has 4 aromatic rings. The van der Waals surface area contributed by atoms with Gasteiger partial charge in [-0.05, 0) is 48.1 Å². The number of amidine groups is 1. The summed E-state index contributed by atoms with van der Waals surface area (Å²) < 4.78 is 47.8. The number of hydrogen-bond donors (Lipinski definition) is 1. The van der Waals surface area contributed by atoms with Gasteiger partial charge in [-0.3, -0.25) is 15.1 Å². The molecule has 1 aliphatic rings. The minimum atomic E-state index is -4.76. The van der Waals surface area contributed by atoms with Crippen molar-refractivity contribution < 1.29 is 27.4 Å². The van der Waals surface area contributed by atoms with Gasteiger partial charge in [0, 0.05) is 18.2 Å². The average molecular weight is 626 g/mol. The second kappa shape index (κ2) is 13.1. The monoisotopic (exact) mass is 625 g/mol. The molecule has 0 saturated carbocycles. The number of carbonyl (C=O) groups excluding carboxylic acids is 1. The molecular weight excluding hydrogens is 603 g/mol. The molecule has 15 heteroatoms. The Morgan fingerprint density at radius 1 is 1.12 bits per heavy atom. The van der Waals surface area contributed by atoms with E-state index >= 15 is 0 Å². The van der Waals surface area contributed by atoms with Crippen LogP contribution < -0.4 is 15.1 Å². The predicted octanol–water partition coefficient (Wildman–Crippen LogP) is 5.32. The Hall–Kier alpha value is -4.60. The molecule has 0 radical (unpaired) electrons. The highest BCUT2D eigenvalue weighted by Gasteiger charge is 2.32. The zero-order valence-electron chi connectivity index (χ0n) is 22.4. The van der Waals surface area contributed by atoms with Crippen LogP contribution >= 0.6 is 24.0 Å². The average Bonchev–Trinajstić information content (AvgIpc) is 3.61. The number of halogens is 3. The van der Waals surface area contributed by atoms with E-state index < -0.39 is 6.36 Å². The molecule has 1 aromatic heterocycles. The lowest BCUT2D eigenvalue weighted by atomic mass is 10.1. The van der Waals surface area contributed by atoms with E-state index in [-0.39, 0.29) is 22.5 Å². The van der Waals surface area contributed by atoms with Crippen molar-refractivity contribution in [3.8, 4) is 22.8 Å². The number of benzene rings is 3. The lowest BCUT2D eigenvalue weighted by molar-refractivity contribution is -0.274. The van der Waals surface area contributed by atoms with Crippen LogP contribution in [0.5, 0.6) is 5.75 Å². The topological polar surface area (TPSA) is 106 Å². The van der Waals surface area contributed by atoms with Gasteiger partial charge in [-0.25, -0.2) is 9.67 Å². The fourth-order valence-corrected chi connectivity index (χ4v) is 5.06. The highest BCUT2D eigenvalue weighted by Crippen LogP contribution is 2.30. The second-order valence-corrected chi connectivity index (χ2v) is 10.2. The molecule has 1 saturated heterocycles. The van der Waals surface area contributed by atoms with Gasteiger partial charge in [0.1, 0.15) is 12.1 Å². The van der Waals surface area contributed by atoms with E-state index in [4.69, 9.17) is 17.0 Å². The number of methoxy groups -OCH3 is 1. The molecule has 1 N–H and O–H groups in total. The van der Waals surface area contributed by atoms with E-state index in [0.29, 0.717) is 29.0 Å². The molecule has 3 aromatic carbocycles. The van der Waals surface area contributed by atoms with Crippen molar-refractivity contribution in [3.05, 3.63) is 90.3 Å². The number of carbonyl (C=O) groups is 1. The zero-order valence-corrected chi connectivity index (χ0v) is 24.0. The van der Waals surface area contributed by atoms with Crippen molar-refractivity contribution in [1.29, 1.82) is 0 Å². The lowest BCUT2D eigenvalue weighted by Gasteiger charge is -2.19. The number of aromatic nitrogens is 3. The highest BCUT2D eigenvalue weighted by atomic mass is 32.2. The fourth-order valence-electron chi connectivity index (χ4n) is 4.00. The summed E-state index contributed by atoms with van der Waals surface area (Å²) in [5, 5.41) is 9.08. The van der Waals surface area contributed by atoms with E-state index in [9.17, 15) is 18.0 Å². The maximum atomic E-state index is 12.6. The lowest BCUT2D eigenvalue weighted by Crippen LogP contribution is -2.31. The first-order valence-corrected chi connectivity index (χ1v) is 13.9. The number of thiocarbonyl (C=S) groups is 1. The Bertz CT molecular complexity index is 1670. The molecule has 2 heterocycles. The van der Waals surface area contributed by atoms with Gasteiger partial charge in [-0.2, -0.15) is 10.1 Å². The number of rotatable bonds is 8. The van der Waals surface area contributed by atoms with Gasteiger partial charge in [0.05, 0.1) is 29.9 Å². The van der Waals surface area contributed by atoms with Gasteiger partial charge >= 0.3 is 6.36 Å². The number of para-hydroxylation sites is 1. The summed E-state index contributed by atoms with van der Waals surface area (Å²) in [6, 6.07) is 20.0. The number of amides is 1. The van der Waals surface area contributed by atoms with Crippen LogP contribution in [-0.4, -0.2) is 56.4 Å². The third-order valence-corrected chi connectivity index (χ3v) is 6.97. The molecule has 220 valence electrons. The van der Waals surface area contributed by atoms with Gasteiger partial charge in [0.15, 0.2) is 11.0 Å². The fraction of sp³-hybridized carbons (Fsp3) is 0.143. The number of hydrazone groups is 1. The molecule has 0 aliphatic carbocycles. The molecule has 1 amide bonds. The summed E-state index contributed by atoms with van der Waals surface area (Å²) in [6.07, 6.45) is -1.74. The van der Waals surface area contributed by atoms with E-state index in [1.807, 2.05) is 24.3 Å². The number of thioether (sulfide) groups is 1. The smallest absolute Gasteiger partial charge is 0.406 e. The summed E-state index contributed by atoms with van der Waals surface area (Å²) in [5.41, 5.74) is 6.25. The molecule has 0 atom stereocenters. The van der Waals surface area contributed by atoms with Crippen LogP contribution in [0.4, 0.5) is 18.9 Å². The summed E-state index contributed by atoms with van der Waals surface area (Å²) in [4.78, 5) is 22.8. The van der Waals surface area contributed by atoms with Gasteiger partial charge in [0.2, 0.25) is 11.0 Å². The molecule has 0 bridgehead atoms. The number of anilines is 1.